The van der Waals surface area contributed by atoms with Gasteiger partial charge in [0.05, 0.1) is 0 Å². The van der Waals surface area contributed by atoms with Crippen molar-refractivity contribution >= 4 is 17.6 Å². The van der Waals surface area contributed by atoms with Crippen molar-refractivity contribution in [2.75, 3.05) is 0 Å². The molecule has 2 atom stereocenters. The van der Waals surface area contributed by atoms with Gasteiger partial charge in [-0.15, -0.1) is 11.6 Å². The van der Waals surface area contributed by atoms with E-state index in [1.54, 1.807) is 0 Å². The predicted molar refractivity (Wildman–Crippen MR) is 41.3 cm³/mol. The van der Waals surface area contributed by atoms with Crippen LogP contribution in [0.25, 0.3) is 0 Å². The lowest BCUT2D eigenvalue weighted by atomic mass is 9.94. The molecule has 0 radical (unpaired) electrons. The van der Waals surface area contributed by atoms with E-state index in [9.17, 15) is 4.79 Å². The predicted octanol–water partition coefficient (Wildman–Crippen LogP) is 1.97. The van der Waals surface area contributed by atoms with Crippen molar-refractivity contribution in [3.63, 3.8) is 0 Å². The molecule has 60 valence electrons. The van der Waals surface area contributed by atoms with Gasteiger partial charge in [0.15, 0.2) is 0 Å². The fourth-order valence-corrected chi connectivity index (χ4v) is 0.854. The van der Waals surface area contributed by atoms with Crippen molar-refractivity contribution < 1.29 is 9.90 Å². The second kappa shape index (κ2) is 3.81. The summed E-state index contributed by atoms with van der Waals surface area (Å²) in [7, 11) is 0. The molecular formula is C7H13ClO2. The van der Waals surface area contributed by atoms with E-state index < -0.39 is 11.3 Å². The van der Waals surface area contributed by atoms with Crippen molar-refractivity contribution in [1.29, 1.82) is 0 Å². The summed E-state index contributed by atoms with van der Waals surface area (Å²) < 4.78 is 0. The van der Waals surface area contributed by atoms with Crippen molar-refractivity contribution in [2.24, 2.45) is 11.8 Å². The van der Waals surface area contributed by atoms with E-state index in [-0.39, 0.29) is 5.92 Å². The summed E-state index contributed by atoms with van der Waals surface area (Å²) in [4.78, 5) is 10.3. The van der Waals surface area contributed by atoms with Crippen molar-refractivity contribution in [2.45, 2.75) is 26.1 Å². The molecule has 1 N–H and O–H groups in total. The van der Waals surface area contributed by atoms with Gasteiger partial charge in [-0.25, -0.2) is 0 Å². The molecule has 0 aliphatic heterocycles. The third-order valence-electron chi connectivity index (χ3n) is 1.75. The zero-order chi connectivity index (χ0) is 8.31. The molecule has 0 spiro atoms. The van der Waals surface area contributed by atoms with Gasteiger partial charge in [0.1, 0.15) is 5.38 Å². The van der Waals surface area contributed by atoms with Crippen LogP contribution in [0.5, 0.6) is 0 Å². The number of hydrogen-bond donors (Lipinski definition) is 1. The fraction of sp³-hybridized carbons (Fsp3) is 0.857. The molecule has 0 saturated heterocycles. The van der Waals surface area contributed by atoms with E-state index in [4.69, 9.17) is 16.7 Å². The van der Waals surface area contributed by atoms with E-state index in [1.807, 2.05) is 20.8 Å². The molecular weight excluding hydrogens is 152 g/mol. The minimum atomic E-state index is -0.928. The van der Waals surface area contributed by atoms with Gasteiger partial charge < -0.3 is 5.11 Å². The summed E-state index contributed by atoms with van der Waals surface area (Å²) in [5.41, 5.74) is 0. The number of aliphatic carboxylic acids is 1. The highest BCUT2D eigenvalue weighted by Crippen LogP contribution is 2.18. The second-order valence-electron chi connectivity index (χ2n) is 2.84. The molecule has 0 aliphatic rings. The van der Waals surface area contributed by atoms with Gasteiger partial charge in [-0.2, -0.15) is 0 Å². The number of rotatable bonds is 3. The first-order chi connectivity index (χ1) is 4.46. The maximum Gasteiger partial charge on any atom is 0.321 e. The molecule has 0 saturated carbocycles. The lowest BCUT2D eigenvalue weighted by Gasteiger charge is -2.17. The van der Waals surface area contributed by atoms with Crippen LogP contribution in [0.1, 0.15) is 20.8 Å². The van der Waals surface area contributed by atoms with Gasteiger partial charge >= 0.3 is 5.97 Å². The lowest BCUT2D eigenvalue weighted by Crippen LogP contribution is -2.25. The molecule has 0 aliphatic carbocycles. The summed E-state index contributed by atoms with van der Waals surface area (Å²) in [6.45, 7) is 5.77. The van der Waals surface area contributed by atoms with Crippen LogP contribution in [0.4, 0.5) is 0 Å². The van der Waals surface area contributed by atoms with Crippen LogP contribution in [0.3, 0.4) is 0 Å². The highest BCUT2D eigenvalue weighted by Gasteiger charge is 2.23. The molecule has 2 unspecified atom stereocenters. The van der Waals surface area contributed by atoms with Crippen LogP contribution in [-0.4, -0.2) is 16.5 Å². The summed E-state index contributed by atoms with van der Waals surface area (Å²) in [6, 6.07) is 0. The Labute approximate surface area is 66.2 Å². The Kier molecular flexibility index (Phi) is 3.72. The molecule has 2 nitrogen and oxygen atoms in total. The number of hydrogen-bond acceptors (Lipinski definition) is 1. The van der Waals surface area contributed by atoms with Gasteiger partial charge in [-0.1, -0.05) is 20.8 Å². The summed E-state index contributed by atoms with van der Waals surface area (Å²) in [5, 5.41) is 7.72. The van der Waals surface area contributed by atoms with Crippen LogP contribution in [0.15, 0.2) is 0 Å². The zero-order valence-corrected chi connectivity index (χ0v) is 7.22. The first-order valence-electron chi connectivity index (χ1n) is 3.33. The molecule has 0 heterocycles. The van der Waals surface area contributed by atoms with Crippen molar-refractivity contribution in [1.82, 2.24) is 0 Å². The standard InChI is InChI=1S/C7H13ClO2/c1-4(2)5(3)6(8)7(9)10/h4-6H,1-3H3,(H,9,10). The summed E-state index contributed by atoms with van der Waals surface area (Å²) >= 11 is 5.56. The largest absolute Gasteiger partial charge is 0.480 e. The smallest absolute Gasteiger partial charge is 0.321 e. The Bertz CT molecular complexity index is 123. The van der Waals surface area contributed by atoms with Gasteiger partial charge in [0.25, 0.3) is 0 Å². The molecule has 3 heteroatoms. The van der Waals surface area contributed by atoms with Crippen LogP contribution >= 0.6 is 11.6 Å². The molecule has 0 aromatic rings. The molecule has 0 rings (SSSR count). The van der Waals surface area contributed by atoms with Gasteiger partial charge in [0, 0.05) is 0 Å². The molecule has 0 aromatic carbocycles. The first-order valence-corrected chi connectivity index (χ1v) is 3.77. The van der Waals surface area contributed by atoms with E-state index in [0.29, 0.717) is 5.92 Å². The Hall–Kier alpha value is -0.240. The van der Waals surface area contributed by atoms with E-state index in [2.05, 4.69) is 0 Å². The van der Waals surface area contributed by atoms with E-state index >= 15 is 0 Å². The minimum absolute atomic E-state index is 0.0270. The number of carboxylic acids is 1. The Morgan fingerprint density at radius 2 is 1.80 bits per heavy atom. The Morgan fingerprint density at radius 3 is 1.90 bits per heavy atom. The first kappa shape index (κ1) is 9.76. The highest BCUT2D eigenvalue weighted by molar-refractivity contribution is 6.29. The van der Waals surface area contributed by atoms with E-state index in [0.717, 1.165) is 0 Å². The number of halogens is 1. The average molecular weight is 165 g/mol. The summed E-state index contributed by atoms with van der Waals surface area (Å²) in [5.74, 6) is -0.583. The SMILES string of the molecule is CC(C)C(C)C(Cl)C(=O)O. The number of carboxylic acid groups (broad SMARTS) is 1. The average Bonchev–Trinajstić information content (AvgIpc) is 1.84. The van der Waals surface area contributed by atoms with Crippen molar-refractivity contribution in [3.05, 3.63) is 0 Å². The molecule has 0 aromatic heterocycles. The lowest BCUT2D eigenvalue weighted by molar-refractivity contribution is -0.137. The zero-order valence-electron chi connectivity index (χ0n) is 6.47. The van der Waals surface area contributed by atoms with Gasteiger partial charge in [0.2, 0.25) is 0 Å². The van der Waals surface area contributed by atoms with Crippen molar-refractivity contribution in [3.8, 4) is 0 Å². The Balaban J connectivity index is 3.94. The quantitative estimate of drug-likeness (QED) is 0.648. The maximum absolute atomic E-state index is 10.3. The van der Waals surface area contributed by atoms with Gasteiger partial charge in [-0.05, 0) is 11.8 Å². The molecule has 0 fully saturated rings. The maximum atomic E-state index is 10.3. The topological polar surface area (TPSA) is 37.3 Å². The van der Waals surface area contributed by atoms with Crippen LogP contribution in [0, 0.1) is 11.8 Å². The fourth-order valence-electron chi connectivity index (χ4n) is 0.563. The highest BCUT2D eigenvalue weighted by atomic mass is 35.5. The second-order valence-corrected chi connectivity index (χ2v) is 3.31. The monoisotopic (exact) mass is 164 g/mol. The normalized spacial score (nSPS) is 16.9. The third kappa shape index (κ3) is 2.56. The molecule has 0 amide bonds. The molecule has 10 heavy (non-hydrogen) atoms. The number of carbonyl (C=O) groups is 1. The third-order valence-corrected chi connectivity index (χ3v) is 2.33. The van der Waals surface area contributed by atoms with E-state index in [1.165, 1.54) is 0 Å². The number of alkyl halides is 1. The minimum Gasteiger partial charge on any atom is -0.480 e. The summed E-state index contributed by atoms with van der Waals surface area (Å²) in [6.07, 6.45) is 0. The Morgan fingerprint density at radius 1 is 1.40 bits per heavy atom. The van der Waals surface area contributed by atoms with Crippen LogP contribution < -0.4 is 0 Å². The van der Waals surface area contributed by atoms with Crippen LogP contribution in [0.2, 0.25) is 0 Å². The van der Waals surface area contributed by atoms with Gasteiger partial charge in [-0.3, -0.25) is 4.79 Å². The molecule has 0 bridgehead atoms. The van der Waals surface area contributed by atoms with Crippen LogP contribution in [-0.2, 0) is 4.79 Å².